The van der Waals surface area contributed by atoms with Gasteiger partial charge in [-0.3, -0.25) is 0 Å². The Kier molecular flexibility index (Phi) is 5.28. The quantitative estimate of drug-likeness (QED) is 0.855. The monoisotopic (exact) mass is 310 g/mol. The molecule has 0 fully saturated rings. The number of carbonyl (C=O) groups is 1. The van der Waals surface area contributed by atoms with Gasteiger partial charge in [0.1, 0.15) is 11.6 Å². The molecule has 0 aliphatic rings. The summed E-state index contributed by atoms with van der Waals surface area (Å²) in [6, 6.07) is 1.46. The molecule has 0 saturated carbocycles. The molecule has 112 valence electrons. The summed E-state index contributed by atoms with van der Waals surface area (Å²) in [5.74, 6) is -6.05. The number of rotatable bonds is 6. The summed E-state index contributed by atoms with van der Waals surface area (Å²) in [6.45, 7) is 2.76. The number of halogens is 4. The van der Waals surface area contributed by atoms with Crippen LogP contribution in [0, 0.1) is 5.82 Å². The van der Waals surface area contributed by atoms with Crippen LogP contribution in [0.1, 0.15) is 32.3 Å². The molecule has 1 unspecified atom stereocenters. The summed E-state index contributed by atoms with van der Waals surface area (Å²) in [7, 11) is 0. The summed E-state index contributed by atoms with van der Waals surface area (Å²) in [5, 5.41) is 8.41. The molecule has 0 bridgehead atoms. The second-order valence-electron chi connectivity index (χ2n) is 4.17. The average Bonchev–Trinajstić information content (AvgIpc) is 2.38. The Morgan fingerprint density at radius 1 is 1.45 bits per heavy atom. The zero-order valence-electron chi connectivity index (χ0n) is 10.9. The Balaban J connectivity index is 3.30. The van der Waals surface area contributed by atoms with Crippen LogP contribution < -0.4 is 4.74 Å². The van der Waals surface area contributed by atoms with Crippen molar-refractivity contribution in [3.8, 4) is 5.75 Å². The van der Waals surface area contributed by atoms with Crippen LogP contribution in [0.2, 0.25) is 5.02 Å². The van der Waals surface area contributed by atoms with E-state index in [-0.39, 0.29) is 6.42 Å². The van der Waals surface area contributed by atoms with Crippen molar-refractivity contribution in [1.29, 1.82) is 0 Å². The molecule has 0 amide bonds. The van der Waals surface area contributed by atoms with Gasteiger partial charge >= 0.3 is 5.97 Å². The zero-order valence-corrected chi connectivity index (χ0v) is 11.7. The first kappa shape index (κ1) is 16.6. The second kappa shape index (κ2) is 6.35. The Labute approximate surface area is 119 Å². The first-order valence-corrected chi connectivity index (χ1v) is 6.37. The van der Waals surface area contributed by atoms with E-state index in [2.05, 4.69) is 0 Å². The van der Waals surface area contributed by atoms with Crippen molar-refractivity contribution in [1.82, 2.24) is 0 Å². The largest absolute Gasteiger partial charge is 0.479 e. The van der Waals surface area contributed by atoms with Gasteiger partial charge in [0.05, 0.1) is 10.6 Å². The van der Waals surface area contributed by atoms with Gasteiger partial charge in [0.15, 0.2) is 6.10 Å². The van der Waals surface area contributed by atoms with Crippen molar-refractivity contribution in [3.05, 3.63) is 28.5 Å². The van der Waals surface area contributed by atoms with Crippen LogP contribution in [0.25, 0.3) is 0 Å². The standard InChI is InChI=1S/C13H14ClF3O3/c1-3-10(12(18)19)20-11-6-9(15)8(14)5-7(11)13(16,17)4-2/h5-6,10H,3-4H2,1-2H3,(H,18,19). The predicted molar refractivity (Wildman–Crippen MR) is 67.9 cm³/mol. The van der Waals surface area contributed by atoms with Crippen LogP contribution in [0.3, 0.4) is 0 Å². The van der Waals surface area contributed by atoms with Crippen LogP contribution in [-0.4, -0.2) is 17.2 Å². The van der Waals surface area contributed by atoms with E-state index in [4.69, 9.17) is 21.4 Å². The molecule has 0 aliphatic heterocycles. The summed E-state index contributed by atoms with van der Waals surface area (Å²) >= 11 is 5.50. The van der Waals surface area contributed by atoms with E-state index < -0.39 is 46.6 Å². The molecular formula is C13H14ClF3O3. The van der Waals surface area contributed by atoms with Gasteiger partial charge in [0, 0.05) is 12.5 Å². The van der Waals surface area contributed by atoms with Crippen LogP contribution in [0.4, 0.5) is 13.2 Å². The van der Waals surface area contributed by atoms with Crippen LogP contribution in [0.5, 0.6) is 5.75 Å². The highest BCUT2D eigenvalue weighted by atomic mass is 35.5. The molecule has 1 aromatic carbocycles. The number of hydrogen-bond donors (Lipinski definition) is 1. The fraction of sp³-hybridized carbons (Fsp3) is 0.462. The minimum absolute atomic E-state index is 0.0523. The van der Waals surface area contributed by atoms with Crippen LogP contribution >= 0.6 is 11.6 Å². The lowest BCUT2D eigenvalue weighted by molar-refractivity contribution is -0.145. The zero-order chi connectivity index (χ0) is 15.5. The molecule has 1 N–H and O–H groups in total. The van der Waals surface area contributed by atoms with Gasteiger partial charge in [-0.2, -0.15) is 0 Å². The van der Waals surface area contributed by atoms with E-state index in [0.29, 0.717) is 6.07 Å². The van der Waals surface area contributed by atoms with E-state index in [0.717, 1.165) is 6.07 Å². The summed E-state index contributed by atoms with van der Waals surface area (Å²) in [4.78, 5) is 10.9. The van der Waals surface area contributed by atoms with Gasteiger partial charge < -0.3 is 9.84 Å². The second-order valence-corrected chi connectivity index (χ2v) is 4.58. The summed E-state index contributed by atoms with van der Waals surface area (Å²) in [5.41, 5.74) is -0.619. The molecule has 1 rings (SSSR count). The van der Waals surface area contributed by atoms with Crippen LogP contribution in [0.15, 0.2) is 12.1 Å². The topological polar surface area (TPSA) is 46.5 Å². The third-order valence-electron chi connectivity index (χ3n) is 2.78. The predicted octanol–water partition coefficient (Wildman–Crippen LogP) is 4.22. The molecule has 3 nitrogen and oxygen atoms in total. The lowest BCUT2D eigenvalue weighted by Crippen LogP contribution is -2.27. The van der Waals surface area contributed by atoms with E-state index in [1.165, 1.54) is 13.8 Å². The lowest BCUT2D eigenvalue weighted by atomic mass is 10.0. The number of alkyl halides is 2. The van der Waals surface area contributed by atoms with Crippen molar-refractivity contribution in [2.45, 2.75) is 38.7 Å². The number of benzene rings is 1. The van der Waals surface area contributed by atoms with Crippen molar-refractivity contribution >= 4 is 17.6 Å². The molecule has 1 aromatic rings. The minimum Gasteiger partial charge on any atom is -0.479 e. The Hall–Kier alpha value is -1.43. The van der Waals surface area contributed by atoms with Crippen molar-refractivity contribution in [3.63, 3.8) is 0 Å². The number of ether oxygens (including phenoxy) is 1. The number of aliphatic carboxylic acids is 1. The molecule has 20 heavy (non-hydrogen) atoms. The number of hydrogen-bond acceptors (Lipinski definition) is 2. The van der Waals surface area contributed by atoms with Crippen molar-refractivity contribution in [2.24, 2.45) is 0 Å². The van der Waals surface area contributed by atoms with E-state index >= 15 is 0 Å². The highest BCUT2D eigenvalue weighted by Crippen LogP contribution is 2.40. The van der Waals surface area contributed by atoms with Gasteiger partial charge in [-0.25, -0.2) is 18.0 Å². The molecule has 7 heteroatoms. The van der Waals surface area contributed by atoms with E-state index in [1.807, 2.05) is 0 Å². The highest BCUT2D eigenvalue weighted by Gasteiger charge is 2.35. The Morgan fingerprint density at radius 3 is 2.50 bits per heavy atom. The van der Waals surface area contributed by atoms with Crippen molar-refractivity contribution in [2.75, 3.05) is 0 Å². The molecule has 0 radical (unpaired) electrons. The number of carboxylic acid groups (broad SMARTS) is 1. The lowest BCUT2D eigenvalue weighted by Gasteiger charge is -2.21. The van der Waals surface area contributed by atoms with Gasteiger partial charge in [-0.05, 0) is 12.5 Å². The Bertz CT molecular complexity index is 506. The molecule has 1 atom stereocenters. The molecule has 0 heterocycles. The van der Waals surface area contributed by atoms with E-state index in [9.17, 15) is 18.0 Å². The smallest absolute Gasteiger partial charge is 0.344 e. The fourth-order valence-corrected chi connectivity index (χ4v) is 1.73. The van der Waals surface area contributed by atoms with E-state index in [1.54, 1.807) is 0 Å². The average molecular weight is 311 g/mol. The van der Waals surface area contributed by atoms with Gasteiger partial charge in [0.25, 0.3) is 5.92 Å². The summed E-state index contributed by atoms with van der Waals surface area (Å²) in [6.07, 6.45) is -1.83. The van der Waals surface area contributed by atoms with Crippen LogP contribution in [-0.2, 0) is 10.7 Å². The maximum absolute atomic E-state index is 13.8. The maximum Gasteiger partial charge on any atom is 0.344 e. The van der Waals surface area contributed by atoms with Crippen molar-refractivity contribution < 1.29 is 27.8 Å². The third-order valence-corrected chi connectivity index (χ3v) is 3.07. The van der Waals surface area contributed by atoms with Gasteiger partial charge in [-0.15, -0.1) is 0 Å². The maximum atomic E-state index is 13.8. The first-order valence-electron chi connectivity index (χ1n) is 5.99. The molecular weight excluding hydrogens is 297 g/mol. The molecule has 0 spiro atoms. The minimum atomic E-state index is -3.29. The third kappa shape index (κ3) is 3.56. The summed E-state index contributed by atoms with van der Waals surface area (Å²) < 4.78 is 46.0. The molecule has 0 aromatic heterocycles. The Morgan fingerprint density at radius 2 is 2.05 bits per heavy atom. The number of carboxylic acids is 1. The van der Waals surface area contributed by atoms with Gasteiger partial charge in [-0.1, -0.05) is 25.4 Å². The van der Waals surface area contributed by atoms with Gasteiger partial charge in [0.2, 0.25) is 0 Å². The normalized spacial score (nSPS) is 13.1. The fourth-order valence-electron chi connectivity index (χ4n) is 1.56. The molecule has 0 saturated heterocycles. The first-order chi connectivity index (χ1) is 9.22. The SMILES string of the molecule is CCC(Oc1cc(F)c(Cl)cc1C(F)(F)CC)C(=O)O. The molecule has 0 aliphatic carbocycles. The highest BCUT2D eigenvalue weighted by molar-refractivity contribution is 6.30.